The summed E-state index contributed by atoms with van der Waals surface area (Å²) in [5.74, 6) is -3.59. The highest BCUT2D eigenvalue weighted by molar-refractivity contribution is 7.10. The number of halogens is 1. The molecular weight excluding hydrogens is 493 g/mol. The zero-order chi connectivity index (χ0) is 26.1. The van der Waals surface area contributed by atoms with Crippen LogP contribution in [0.1, 0.15) is 42.0 Å². The first kappa shape index (κ1) is 24.9. The summed E-state index contributed by atoms with van der Waals surface area (Å²) in [5, 5.41) is 1.88. The van der Waals surface area contributed by atoms with Crippen molar-refractivity contribution in [1.82, 2.24) is 0 Å². The molecule has 3 atom stereocenters. The van der Waals surface area contributed by atoms with Crippen LogP contribution in [0.2, 0.25) is 0 Å². The molecule has 1 aromatic heterocycles. The molecule has 190 valence electrons. The van der Waals surface area contributed by atoms with E-state index in [4.69, 9.17) is 9.47 Å². The Morgan fingerprint density at radius 2 is 1.81 bits per heavy atom. The maximum absolute atomic E-state index is 15.0. The predicted octanol–water partition coefficient (Wildman–Crippen LogP) is 5.61. The van der Waals surface area contributed by atoms with E-state index in [1.165, 1.54) is 35.5 Å². The monoisotopic (exact) mass is 519 g/mol. The summed E-state index contributed by atoms with van der Waals surface area (Å²) in [6.45, 7) is 1.84. The summed E-state index contributed by atoms with van der Waals surface area (Å²) in [4.78, 5) is 43.4. The molecule has 2 heterocycles. The number of nitrogens with zero attached hydrogens (tertiary/aromatic N) is 1. The topological polar surface area (TPSA) is 72.9 Å². The first-order valence-corrected chi connectivity index (χ1v) is 13.0. The third-order valence-corrected chi connectivity index (χ3v) is 7.98. The van der Waals surface area contributed by atoms with Gasteiger partial charge in [-0.25, -0.2) is 4.39 Å². The van der Waals surface area contributed by atoms with Gasteiger partial charge in [0.1, 0.15) is 17.5 Å². The number of hydrogen-bond acceptors (Lipinski definition) is 6. The highest BCUT2D eigenvalue weighted by Crippen LogP contribution is 2.51. The maximum atomic E-state index is 15.0. The van der Waals surface area contributed by atoms with E-state index < -0.39 is 35.3 Å². The molecule has 0 bridgehead atoms. The van der Waals surface area contributed by atoms with Crippen LogP contribution in [0.5, 0.6) is 5.75 Å². The average Bonchev–Trinajstić information content (AvgIpc) is 3.44. The normalized spacial score (nSPS) is 21.6. The molecule has 0 spiro atoms. The van der Waals surface area contributed by atoms with E-state index in [-0.39, 0.29) is 31.0 Å². The number of carbonyl (C=O) groups is 3. The lowest BCUT2D eigenvalue weighted by molar-refractivity contribution is -0.152. The Bertz CT molecular complexity index is 1380. The molecule has 0 fully saturated rings. The molecule has 0 N–H and O–H groups in total. The van der Waals surface area contributed by atoms with Crippen LogP contribution in [0.25, 0.3) is 0 Å². The second kappa shape index (κ2) is 10.3. The molecule has 2 aliphatic rings. The van der Waals surface area contributed by atoms with E-state index in [2.05, 4.69) is 0 Å². The standard InChI is InChI=1S/C29H26FNO5S/c1-3-36-29(34)27-19(24-13-8-14-37-24)15-22-26(28(27)33)18(17-9-4-7-12-23(17)35-2)16-25(32)31(22)21-11-6-5-10-20(21)30/h4-14,18-19,27H,3,15-16H2,1-2H3/t18-,19+,27-/m0/s1. The fraction of sp³-hybridized carbons (Fsp3) is 0.276. The number of anilines is 1. The van der Waals surface area contributed by atoms with Crippen molar-refractivity contribution in [3.8, 4) is 5.75 Å². The van der Waals surface area contributed by atoms with Gasteiger partial charge in [-0.15, -0.1) is 11.3 Å². The van der Waals surface area contributed by atoms with Gasteiger partial charge in [0, 0.05) is 40.0 Å². The van der Waals surface area contributed by atoms with Crippen LogP contribution >= 0.6 is 11.3 Å². The van der Waals surface area contributed by atoms with Gasteiger partial charge in [-0.3, -0.25) is 19.3 Å². The first-order chi connectivity index (χ1) is 18.0. The van der Waals surface area contributed by atoms with Crippen molar-refractivity contribution in [2.75, 3.05) is 18.6 Å². The lowest BCUT2D eigenvalue weighted by Gasteiger charge is -2.42. The second-order valence-corrected chi connectivity index (χ2v) is 9.94. The predicted molar refractivity (Wildman–Crippen MR) is 138 cm³/mol. The van der Waals surface area contributed by atoms with Crippen LogP contribution in [-0.4, -0.2) is 31.4 Å². The summed E-state index contributed by atoms with van der Waals surface area (Å²) in [6.07, 6.45) is 0.134. The molecule has 3 aromatic rings. The minimum atomic E-state index is -1.06. The summed E-state index contributed by atoms with van der Waals surface area (Å²) < 4.78 is 25.9. The van der Waals surface area contributed by atoms with Crippen molar-refractivity contribution in [2.45, 2.75) is 31.6 Å². The quantitative estimate of drug-likeness (QED) is 0.313. The van der Waals surface area contributed by atoms with Crippen molar-refractivity contribution >= 4 is 34.7 Å². The van der Waals surface area contributed by atoms with E-state index in [9.17, 15) is 14.4 Å². The number of amides is 1. The summed E-state index contributed by atoms with van der Waals surface area (Å²) in [7, 11) is 1.53. The Morgan fingerprint density at radius 3 is 2.51 bits per heavy atom. The van der Waals surface area contributed by atoms with Gasteiger partial charge >= 0.3 is 5.97 Å². The van der Waals surface area contributed by atoms with Crippen LogP contribution in [-0.2, 0) is 19.1 Å². The smallest absolute Gasteiger partial charge is 0.317 e. The number of para-hydroxylation sites is 2. The number of benzene rings is 2. The van der Waals surface area contributed by atoms with Gasteiger partial charge in [0.05, 0.1) is 19.4 Å². The molecule has 0 unspecified atom stereocenters. The Morgan fingerprint density at radius 1 is 1.05 bits per heavy atom. The minimum Gasteiger partial charge on any atom is -0.496 e. The summed E-state index contributed by atoms with van der Waals surface area (Å²) in [6, 6.07) is 17.0. The third-order valence-electron chi connectivity index (χ3n) is 6.98. The largest absolute Gasteiger partial charge is 0.496 e. The average molecular weight is 520 g/mol. The Balaban J connectivity index is 1.75. The Labute approximate surface area is 218 Å². The van der Waals surface area contributed by atoms with Crippen molar-refractivity contribution < 1.29 is 28.2 Å². The molecular formula is C29H26FNO5S. The van der Waals surface area contributed by atoms with Crippen LogP contribution in [0, 0.1) is 11.7 Å². The summed E-state index contributed by atoms with van der Waals surface area (Å²) >= 11 is 1.43. The van der Waals surface area contributed by atoms with Crippen molar-refractivity contribution in [3.63, 3.8) is 0 Å². The Hall–Kier alpha value is -3.78. The van der Waals surface area contributed by atoms with Gasteiger partial charge in [-0.05, 0) is 43.0 Å². The van der Waals surface area contributed by atoms with Gasteiger partial charge < -0.3 is 9.47 Å². The van der Waals surface area contributed by atoms with E-state index in [0.717, 1.165) is 4.88 Å². The third kappa shape index (κ3) is 4.35. The molecule has 1 aliphatic carbocycles. The molecule has 0 saturated heterocycles. The van der Waals surface area contributed by atoms with Gasteiger partial charge in [-0.1, -0.05) is 36.4 Å². The van der Waals surface area contributed by atoms with Crippen molar-refractivity contribution in [1.29, 1.82) is 0 Å². The van der Waals surface area contributed by atoms with E-state index in [1.807, 2.05) is 35.7 Å². The van der Waals surface area contributed by atoms with Crippen LogP contribution in [0.15, 0.2) is 77.3 Å². The Kier molecular flexibility index (Phi) is 6.93. The number of allylic oxidation sites excluding steroid dienone is 2. The number of ether oxygens (including phenoxy) is 2. The van der Waals surface area contributed by atoms with Crippen LogP contribution in [0.4, 0.5) is 10.1 Å². The number of thiophene rings is 1. The second-order valence-electron chi connectivity index (χ2n) is 8.96. The van der Waals surface area contributed by atoms with E-state index in [1.54, 1.807) is 25.1 Å². The highest BCUT2D eigenvalue weighted by Gasteiger charge is 2.50. The lowest BCUT2D eigenvalue weighted by atomic mass is 9.69. The van der Waals surface area contributed by atoms with Crippen LogP contribution in [0.3, 0.4) is 0 Å². The first-order valence-electron chi connectivity index (χ1n) is 12.1. The molecule has 5 rings (SSSR count). The lowest BCUT2D eigenvalue weighted by Crippen LogP contribution is -2.46. The number of rotatable bonds is 6. The SMILES string of the molecule is CCOC(=O)[C@@H]1C(=O)C2=C(C[C@@H]1c1cccs1)N(c1ccccc1F)C(=O)C[C@H]2c1ccccc1OC. The van der Waals surface area contributed by atoms with Gasteiger partial charge in [0.15, 0.2) is 5.78 Å². The zero-order valence-electron chi connectivity index (χ0n) is 20.5. The molecule has 2 aromatic carbocycles. The van der Waals surface area contributed by atoms with E-state index in [0.29, 0.717) is 22.6 Å². The fourth-order valence-corrected chi connectivity index (χ4v) is 6.30. The molecule has 1 aliphatic heterocycles. The number of carbonyl (C=O) groups excluding carboxylic acids is 3. The number of ketones is 1. The summed E-state index contributed by atoms with van der Waals surface area (Å²) in [5.41, 5.74) is 1.51. The number of methoxy groups -OCH3 is 1. The molecule has 8 heteroatoms. The number of hydrogen-bond donors (Lipinski definition) is 0. The zero-order valence-corrected chi connectivity index (χ0v) is 21.3. The maximum Gasteiger partial charge on any atom is 0.317 e. The van der Waals surface area contributed by atoms with Gasteiger partial charge in [0.2, 0.25) is 5.91 Å². The molecule has 0 radical (unpaired) electrons. The number of Topliss-reactive ketones (excluding diaryl/α,β-unsaturated/α-hetero) is 1. The highest BCUT2D eigenvalue weighted by atomic mass is 32.1. The fourth-order valence-electron chi connectivity index (χ4n) is 5.43. The minimum absolute atomic E-state index is 0.0709. The molecule has 6 nitrogen and oxygen atoms in total. The molecule has 0 saturated carbocycles. The van der Waals surface area contributed by atoms with Gasteiger partial charge in [-0.2, -0.15) is 0 Å². The van der Waals surface area contributed by atoms with Crippen LogP contribution < -0.4 is 9.64 Å². The van der Waals surface area contributed by atoms with Crippen molar-refractivity contribution in [3.05, 3.63) is 93.6 Å². The van der Waals surface area contributed by atoms with Gasteiger partial charge in [0.25, 0.3) is 0 Å². The van der Waals surface area contributed by atoms with Crippen molar-refractivity contribution in [2.24, 2.45) is 5.92 Å². The van der Waals surface area contributed by atoms with E-state index >= 15 is 4.39 Å². The molecule has 37 heavy (non-hydrogen) atoms. The number of esters is 1. The molecule has 1 amide bonds.